The van der Waals surface area contributed by atoms with Crippen molar-refractivity contribution in [2.75, 3.05) is 0 Å². The number of hydrogen-bond acceptors (Lipinski definition) is 1. The summed E-state index contributed by atoms with van der Waals surface area (Å²) >= 11 is 0. The summed E-state index contributed by atoms with van der Waals surface area (Å²) in [5.74, 6) is 0.921. The summed E-state index contributed by atoms with van der Waals surface area (Å²) in [4.78, 5) is 0. The molecular formula is C20H33N. The highest BCUT2D eigenvalue weighted by atomic mass is 14.9. The summed E-state index contributed by atoms with van der Waals surface area (Å²) in [6, 6.07) is 10.3. The Balaban J connectivity index is 1.78. The summed E-state index contributed by atoms with van der Waals surface area (Å²) in [6.07, 6.45) is 10.9. The van der Waals surface area contributed by atoms with E-state index in [9.17, 15) is 0 Å². The minimum absolute atomic E-state index is 0.623. The highest BCUT2D eigenvalue weighted by Crippen LogP contribution is 2.28. The molecule has 21 heavy (non-hydrogen) atoms. The van der Waals surface area contributed by atoms with Crippen LogP contribution < -0.4 is 5.32 Å². The number of nitrogens with one attached hydrogen (secondary N) is 1. The number of aryl methyl sites for hydroxylation is 2. The van der Waals surface area contributed by atoms with Gasteiger partial charge in [0.25, 0.3) is 0 Å². The topological polar surface area (TPSA) is 12.0 Å². The van der Waals surface area contributed by atoms with Crippen molar-refractivity contribution in [3.05, 3.63) is 35.4 Å². The van der Waals surface area contributed by atoms with Crippen LogP contribution in [0.25, 0.3) is 0 Å². The quantitative estimate of drug-likeness (QED) is 0.721. The summed E-state index contributed by atoms with van der Waals surface area (Å²) in [7, 11) is 0. The summed E-state index contributed by atoms with van der Waals surface area (Å²) in [5.41, 5.74) is 2.86. The maximum Gasteiger partial charge on any atom is 0.00951 e. The van der Waals surface area contributed by atoms with E-state index in [4.69, 9.17) is 0 Å². The highest BCUT2D eigenvalue weighted by Gasteiger charge is 2.23. The molecule has 0 spiro atoms. The molecule has 2 unspecified atom stereocenters. The molecule has 0 saturated heterocycles. The molecular weight excluding hydrogens is 254 g/mol. The summed E-state index contributed by atoms with van der Waals surface area (Å²) in [5, 5.41) is 3.92. The average Bonchev–Trinajstić information content (AvgIpc) is 2.51. The van der Waals surface area contributed by atoms with Crippen molar-refractivity contribution >= 4 is 0 Å². The molecule has 0 amide bonds. The maximum atomic E-state index is 3.92. The van der Waals surface area contributed by atoms with Gasteiger partial charge in [0.1, 0.15) is 0 Å². The fourth-order valence-corrected chi connectivity index (χ4v) is 3.82. The molecule has 1 aliphatic carbocycles. The molecule has 0 bridgehead atoms. The Bertz CT molecular complexity index is 406. The SMILES string of the molecule is CCC(NC(C)CCc1cccc(C)c1)C1CCCCC1. The van der Waals surface area contributed by atoms with E-state index in [0.29, 0.717) is 6.04 Å². The highest BCUT2D eigenvalue weighted by molar-refractivity contribution is 5.22. The van der Waals surface area contributed by atoms with Crippen LogP contribution in [0.3, 0.4) is 0 Å². The number of hydrogen-bond donors (Lipinski definition) is 1. The zero-order chi connectivity index (χ0) is 15.1. The third-order valence-electron chi connectivity index (χ3n) is 5.11. The van der Waals surface area contributed by atoms with Gasteiger partial charge in [-0.2, -0.15) is 0 Å². The van der Waals surface area contributed by atoms with E-state index in [2.05, 4.69) is 50.4 Å². The van der Waals surface area contributed by atoms with Gasteiger partial charge in [-0.05, 0) is 57.4 Å². The lowest BCUT2D eigenvalue weighted by Gasteiger charge is -2.32. The van der Waals surface area contributed by atoms with Crippen molar-refractivity contribution in [3.63, 3.8) is 0 Å². The van der Waals surface area contributed by atoms with E-state index in [-0.39, 0.29) is 0 Å². The fourth-order valence-electron chi connectivity index (χ4n) is 3.82. The molecule has 1 heteroatoms. The van der Waals surface area contributed by atoms with Gasteiger partial charge in [0.2, 0.25) is 0 Å². The smallest absolute Gasteiger partial charge is 0.00951 e. The van der Waals surface area contributed by atoms with Crippen molar-refractivity contribution < 1.29 is 0 Å². The van der Waals surface area contributed by atoms with Crippen LogP contribution in [-0.2, 0) is 6.42 Å². The monoisotopic (exact) mass is 287 g/mol. The van der Waals surface area contributed by atoms with Gasteiger partial charge in [-0.15, -0.1) is 0 Å². The Hall–Kier alpha value is -0.820. The van der Waals surface area contributed by atoms with Gasteiger partial charge in [-0.3, -0.25) is 0 Å². The van der Waals surface area contributed by atoms with Gasteiger partial charge < -0.3 is 5.32 Å². The van der Waals surface area contributed by atoms with Crippen LogP contribution in [0, 0.1) is 12.8 Å². The Morgan fingerprint density at radius 1 is 1.19 bits per heavy atom. The molecule has 0 aliphatic heterocycles. The zero-order valence-electron chi connectivity index (χ0n) is 14.2. The van der Waals surface area contributed by atoms with E-state index < -0.39 is 0 Å². The third-order valence-corrected chi connectivity index (χ3v) is 5.11. The van der Waals surface area contributed by atoms with Crippen LogP contribution in [0.15, 0.2) is 24.3 Å². The Labute approximate surface area is 131 Å². The van der Waals surface area contributed by atoms with Crippen molar-refractivity contribution in [3.8, 4) is 0 Å². The molecule has 1 aliphatic rings. The lowest BCUT2D eigenvalue weighted by atomic mass is 9.82. The minimum Gasteiger partial charge on any atom is -0.311 e. The van der Waals surface area contributed by atoms with Gasteiger partial charge in [-0.1, -0.05) is 56.0 Å². The number of rotatable bonds is 7. The Morgan fingerprint density at radius 3 is 2.62 bits per heavy atom. The van der Waals surface area contributed by atoms with E-state index in [1.165, 1.54) is 62.5 Å². The van der Waals surface area contributed by atoms with Gasteiger partial charge in [-0.25, -0.2) is 0 Å². The normalized spacial score (nSPS) is 19.4. The van der Waals surface area contributed by atoms with Gasteiger partial charge in [0.15, 0.2) is 0 Å². The van der Waals surface area contributed by atoms with Gasteiger partial charge >= 0.3 is 0 Å². The lowest BCUT2D eigenvalue weighted by Crippen LogP contribution is -2.42. The molecule has 2 rings (SSSR count). The first-order valence-corrected chi connectivity index (χ1v) is 9.00. The minimum atomic E-state index is 0.623. The molecule has 118 valence electrons. The molecule has 1 fully saturated rings. The first-order chi connectivity index (χ1) is 10.2. The molecule has 0 radical (unpaired) electrons. The molecule has 1 nitrogen and oxygen atoms in total. The molecule has 1 aromatic carbocycles. The predicted octanol–water partition coefficient (Wildman–Crippen LogP) is 5.26. The van der Waals surface area contributed by atoms with Crippen LogP contribution in [0.5, 0.6) is 0 Å². The van der Waals surface area contributed by atoms with Crippen LogP contribution in [0.4, 0.5) is 0 Å². The molecule has 1 N–H and O–H groups in total. The van der Waals surface area contributed by atoms with E-state index in [1.807, 2.05) is 0 Å². The first kappa shape index (κ1) is 16.5. The molecule has 0 heterocycles. The van der Waals surface area contributed by atoms with E-state index in [1.54, 1.807) is 0 Å². The first-order valence-electron chi connectivity index (χ1n) is 9.00. The van der Waals surface area contributed by atoms with Crippen molar-refractivity contribution in [2.45, 2.75) is 84.2 Å². The second kappa shape index (κ2) is 8.58. The second-order valence-corrected chi connectivity index (χ2v) is 7.01. The Kier molecular flexibility index (Phi) is 6.76. The summed E-state index contributed by atoms with van der Waals surface area (Å²) < 4.78 is 0. The van der Waals surface area contributed by atoms with Crippen LogP contribution >= 0.6 is 0 Å². The van der Waals surface area contributed by atoms with Crippen molar-refractivity contribution in [1.82, 2.24) is 5.32 Å². The molecule has 1 aromatic rings. The van der Waals surface area contributed by atoms with Crippen molar-refractivity contribution in [1.29, 1.82) is 0 Å². The van der Waals surface area contributed by atoms with Gasteiger partial charge in [0.05, 0.1) is 0 Å². The van der Waals surface area contributed by atoms with Crippen molar-refractivity contribution in [2.24, 2.45) is 5.92 Å². The fraction of sp³-hybridized carbons (Fsp3) is 0.700. The van der Waals surface area contributed by atoms with Crippen LogP contribution in [0.1, 0.15) is 69.9 Å². The third kappa shape index (κ3) is 5.47. The van der Waals surface area contributed by atoms with E-state index >= 15 is 0 Å². The summed E-state index contributed by atoms with van der Waals surface area (Å²) in [6.45, 7) is 6.89. The molecule has 0 aromatic heterocycles. The number of benzene rings is 1. The lowest BCUT2D eigenvalue weighted by molar-refractivity contribution is 0.246. The molecule has 2 atom stereocenters. The largest absolute Gasteiger partial charge is 0.311 e. The zero-order valence-corrected chi connectivity index (χ0v) is 14.2. The van der Waals surface area contributed by atoms with Crippen LogP contribution in [0.2, 0.25) is 0 Å². The second-order valence-electron chi connectivity index (χ2n) is 7.01. The van der Waals surface area contributed by atoms with Gasteiger partial charge in [0, 0.05) is 12.1 Å². The van der Waals surface area contributed by atoms with E-state index in [0.717, 1.165) is 12.0 Å². The standard InChI is InChI=1S/C20H33N/c1-4-20(19-11-6-5-7-12-19)21-17(3)13-14-18-10-8-9-16(2)15-18/h8-10,15,17,19-21H,4-7,11-14H2,1-3H3. The average molecular weight is 287 g/mol. The maximum absolute atomic E-state index is 3.92. The van der Waals surface area contributed by atoms with Crippen LogP contribution in [-0.4, -0.2) is 12.1 Å². The Morgan fingerprint density at radius 2 is 1.95 bits per heavy atom. The molecule has 1 saturated carbocycles. The predicted molar refractivity (Wildman–Crippen MR) is 92.8 cm³/mol.